The summed E-state index contributed by atoms with van der Waals surface area (Å²) in [6.45, 7) is 12.2. The molecule has 0 aliphatic carbocycles. The van der Waals surface area contributed by atoms with Crippen molar-refractivity contribution in [2.75, 3.05) is 45.8 Å². The van der Waals surface area contributed by atoms with Crippen molar-refractivity contribution in [1.29, 1.82) is 0 Å². The number of piperazine rings is 1. The van der Waals surface area contributed by atoms with Crippen LogP contribution >= 0.6 is 11.3 Å². The van der Waals surface area contributed by atoms with Crippen LogP contribution in [0, 0.1) is 5.92 Å². The number of piperidine rings is 1. The van der Waals surface area contributed by atoms with E-state index in [9.17, 15) is 0 Å². The first-order chi connectivity index (χ1) is 10.3. The summed E-state index contributed by atoms with van der Waals surface area (Å²) in [5, 5.41) is 3.47. The van der Waals surface area contributed by atoms with Crippen LogP contribution in [-0.2, 0) is 13.0 Å². The molecule has 0 radical (unpaired) electrons. The van der Waals surface area contributed by atoms with Crippen LogP contribution in [0.2, 0.25) is 0 Å². The summed E-state index contributed by atoms with van der Waals surface area (Å²) in [4.78, 5) is 8.39. The number of nitrogens with zero attached hydrogens (tertiary/aromatic N) is 2. The lowest BCUT2D eigenvalue weighted by atomic mass is 9.97. The van der Waals surface area contributed by atoms with Crippen molar-refractivity contribution in [3.63, 3.8) is 0 Å². The monoisotopic (exact) mass is 307 g/mol. The smallest absolute Gasteiger partial charge is 0.0329 e. The molecule has 3 nitrogen and oxygen atoms in total. The lowest BCUT2D eigenvalue weighted by molar-refractivity contribution is 0.107. The number of hydrogen-bond acceptors (Lipinski definition) is 4. The lowest BCUT2D eigenvalue weighted by Crippen LogP contribution is -2.48. The highest BCUT2D eigenvalue weighted by molar-refractivity contribution is 7.11. The minimum atomic E-state index is 0.933. The number of rotatable bonds is 5. The first-order valence-electron chi connectivity index (χ1n) is 8.56. The molecule has 0 bridgehead atoms. The number of thiophene rings is 1. The minimum Gasteiger partial charge on any atom is -0.317 e. The molecule has 1 aromatic heterocycles. The van der Waals surface area contributed by atoms with Gasteiger partial charge in [-0.3, -0.25) is 4.90 Å². The maximum absolute atomic E-state index is 3.47. The van der Waals surface area contributed by atoms with E-state index in [0.29, 0.717) is 0 Å². The standard InChI is InChI=1S/C17H29N3S/c1-2-16-3-4-17(21-16)14-20-11-9-19(10-12-20)13-15-5-7-18-8-6-15/h3-4,15,18H,2,5-14H2,1H3. The Balaban J connectivity index is 1.40. The fourth-order valence-electron chi connectivity index (χ4n) is 3.48. The van der Waals surface area contributed by atoms with E-state index in [2.05, 4.69) is 34.2 Å². The minimum absolute atomic E-state index is 0.933. The Hall–Kier alpha value is -0.420. The Morgan fingerprint density at radius 1 is 1.05 bits per heavy atom. The molecule has 0 spiro atoms. The van der Waals surface area contributed by atoms with Gasteiger partial charge in [0.2, 0.25) is 0 Å². The highest BCUT2D eigenvalue weighted by atomic mass is 32.1. The van der Waals surface area contributed by atoms with Gasteiger partial charge in [0.1, 0.15) is 0 Å². The molecule has 1 aromatic rings. The summed E-state index contributed by atoms with van der Waals surface area (Å²) in [6, 6.07) is 4.62. The first-order valence-corrected chi connectivity index (χ1v) is 9.38. The van der Waals surface area contributed by atoms with Gasteiger partial charge in [0, 0.05) is 49.0 Å². The molecule has 0 saturated carbocycles. The fourth-order valence-corrected chi connectivity index (χ4v) is 4.48. The Kier molecular flexibility index (Phi) is 5.69. The van der Waals surface area contributed by atoms with Gasteiger partial charge in [-0.2, -0.15) is 0 Å². The number of nitrogens with one attached hydrogen (secondary N) is 1. The van der Waals surface area contributed by atoms with E-state index in [0.717, 1.165) is 12.5 Å². The molecule has 0 aromatic carbocycles. The highest BCUT2D eigenvalue weighted by Gasteiger charge is 2.21. The number of aryl methyl sites for hydroxylation is 1. The Bertz CT molecular complexity index is 417. The predicted molar refractivity (Wildman–Crippen MR) is 91.0 cm³/mol. The van der Waals surface area contributed by atoms with Gasteiger partial charge >= 0.3 is 0 Å². The highest BCUT2D eigenvalue weighted by Crippen LogP contribution is 2.20. The summed E-state index contributed by atoms with van der Waals surface area (Å²) in [5.74, 6) is 0.933. The first kappa shape index (κ1) is 15.5. The summed E-state index contributed by atoms with van der Waals surface area (Å²) in [5.41, 5.74) is 0. The third kappa shape index (κ3) is 4.52. The predicted octanol–water partition coefficient (Wildman–Crippen LogP) is 2.43. The zero-order valence-corrected chi connectivity index (χ0v) is 14.1. The molecule has 21 heavy (non-hydrogen) atoms. The average molecular weight is 308 g/mol. The maximum Gasteiger partial charge on any atom is 0.0329 e. The van der Waals surface area contributed by atoms with Crippen LogP contribution in [0.4, 0.5) is 0 Å². The van der Waals surface area contributed by atoms with Crippen LogP contribution in [0.5, 0.6) is 0 Å². The fraction of sp³-hybridized carbons (Fsp3) is 0.765. The van der Waals surface area contributed by atoms with Crippen LogP contribution in [0.25, 0.3) is 0 Å². The molecule has 118 valence electrons. The van der Waals surface area contributed by atoms with Gasteiger partial charge in [-0.05, 0) is 50.4 Å². The summed E-state index contributed by atoms with van der Waals surface area (Å²) in [6.07, 6.45) is 3.92. The van der Waals surface area contributed by atoms with Gasteiger partial charge in [-0.25, -0.2) is 0 Å². The molecule has 0 unspecified atom stereocenters. The second-order valence-electron chi connectivity index (χ2n) is 6.49. The van der Waals surface area contributed by atoms with E-state index >= 15 is 0 Å². The van der Waals surface area contributed by atoms with Gasteiger partial charge in [-0.1, -0.05) is 6.92 Å². The van der Waals surface area contributed by atoms with Crippen molar-refractivity contribution in [2.45, 2.75) is 32.7 Å². The van der Waals surface area contributed by atoms with Crippen molar-refractivity contribution in [3.05, 3.63) is 21.9 Å². The van der Waals surface area contributed by atoms with Crippen LogP contribution in [0.15, 0.2) is 12.1 Å². The zero-order valence-electron chi connectivity index (χ0n) is 13.3. The normalized spacial score (nSPS) is 22.7. The number of hydrogen-bond donors (Lipinski definition) is 1. The second kappa shape index (κ2) is 7.73. The van der Waals surface area contributed by atoms with E-state index < -0.39 is 0 Å². The summed E-state index contributed by atoms with van der Waals surface area (Å²) in [7, 11) is 0. The van der Waals surface area contributed by atoms with Gasteiger partial charge < -0.3 is 10.2 Å². The summed E-state index contributed by atoms with van der Waals surface area (Å²) < 4.78 is 0. The van der Waals surface area contributed by atoms with Gasteiger partial charge in [-0.15, -0.1) is 11.3 Å². The third-order valence-electron chi connectivity index (χ3n) is 4.89. The molecule has 2 aliphatic rings. The van der Waals surface area contributed by atoms with Gasteiger partial charge in [0.05, 0.1) is 0 Å². The van der Waals surface area contributed by atoms with Crippen molar-refractivity contribution in [3.8, 4) is 0 Å². The van der Waals surface area contributed by atoms with Crippen molar-refractivity contribution in [2.24, 2.45) is 5.92 Å². The molecular weight excluding hydrogens is 278 g/mol. The van der Waals surface area contributed by atoms with E-state index in [1.165, 1.54) is 70.0 Å². The molecule has 0 atom stereocenters. The molecule has 2 saturated heterocycles. The van der Waals surface area contributed by atoms with Crippen LogP contribution in [-0.4, -0.2) is 55.6 Å². The average Bonchev–Trinajstić information content (AvgIpc) is 2.98. The lowest BCUT2D eigenvalue weighted by Gasteiger charge is -2.37. The second-order valence-corrected chi connectivity index (χ2v) is 7.74. The summed E-state index contributed by atoms with van der Waals surface area (Å²) >= 11 is 1.99. The molecule has 3 rings (SSSR count). The molecule has 4 heteroatoms. The Morgan fingerprint density at radius 2 is 1.71 bits per heavy atom. The maximum atomic E-state index is 3.47. The van der Waals surface area contributed by atoms with E-state index in [-0.39, 0.29) is 0 Å². The zero-order chi connectivity index (χ0) is 14.5. The van der Waals surface area contributed by atoms with Crippen LogP contribution in [0.1, 0.15) is 29.5 Å². The molecule has 2 aliphatic heterocycles. The molecular formula is C17H29N3S. The Labute approximate surface area is 133 Å². The van der Waals surface area contributed by atoms with Crippen molar-refractivity contribution in [1.82, 2.24) is 15.1 Å². The largest absolute Gasteiger partial charge is 0.317 e. The molecule has 2 fully saturated rings. The van der Waals surface area contributed by atoms with Crippen LogP contribution in [0.3, 0.4) is 0 Å². The molecule has 1 N–H and O–H groups in total. The van der Waals surface area contributed by atoms with E-state index in [1.54, 1.807) is 4.88 Å². The van der Waals surface area contributed by atoms with Crippen molar-refractivity contribution < 1.29 is 0 Å². The van der Waals surface area contributed by atoms with E-state index in [1.807, 2.05) is 11.3 Å². The quantitative estimate of drug-likeness (QED) is 0.901. The molecule has 0 amide bonds. The Morgan fingerprint density at radius 3 is 2.38 bits per heavy atom. The van der Waals surface area contributed by atoms with Gasteiger partial charge in [0.15, 0.2) is 0 Å². The van der Waals surface area contributed by atoms with Crippen molar-refractivity contribution >= 4 is 11.3 Å². The van der Waals surface area contributed by atoms with Crippen LogP contribution < -0.4 is 5.32 Å². The SMILES string of the molecule is CCc1ccc(CN2CCN(CC3CCNCC3)CC2)s1. The molecule has 3 heterocycles. The third-order valence-corrected chi connectivity index (χ3v) is 6.10. The van der Waals surface area contributed by atoms with Gasteiger partial charge in [0.25, 0.3) is 0 Å². The van der Waals surface area contributed by atoms with E-state index in [4.69, 9.17) is 0 Å². The topological polar surface area (TPSA) is 18.5 Å².